The van der Waals surface area contributed by atoms with Crippen molar-refractivity contribution in [2.24, 2.45) is 0 Å². The van der Waals surface area contributed by atoms with Crippen molar-refractivity contribution in [1.82, 2.24) is 15.6 Å². The molecule has 2 unspecified atom stereocenters. The van der Waals surface area contributed by atoms with Gasteiger partial charge in [-0.2, -0.15) is 0 Å². The molecular formula is C17H18Cl2N4O3S. The van der Waals surface area contributed by atoms with Gasteiger partial charge in [0.15, 0.2) is 5.13 Å². The number of hydrogen-bond donors (Lipinski definition) is 3. The van der Waals surface area contributed by atoms with Crippen LogP contribution in [0, 0.1) is 0 Å². The van der Waals surface area contributed by atoms with Gasteiger partial charge >= 0.3 is 12.0 Å². The summed E-state index contributed by atoms with van der Waals surface area (Å²) in [6, 6.07) is 4.82. The van der Waals surface area contributed by atoms with Crippen LogP contribution in [-0.4, -0.2) is 29.6 Å². The van der Waals surface area contributed by atoms with E-state index in [-0.39, 0.29) is 24.1 Å². The third-order valence-corrected chi connectivity index (χ3v) is 5.47. The van der Waals surface area contributed by atoms with Crippen LogP contribution in [-0.2, 0) is 16.1 Å². The number of anilines is 1. The Morgan fingerprint density at radius 3 is 2.93 bits per heavy atom. The third-order valence-electron chi connectivity index (χ3n) is 3.96. The summed E-state index contributed by atoms with van der Waals surface area (Å²) in [5, 5.41) is 12.0. The van der Waals surface area contributed by atoms with E-state index in [1.54, 1.807) is 18.2 Å². The van der Waals surface area contributed by atoms with E-state index in [4.69, 9.17) is 27.9 Å². The first-order valence-corrected chi connectivity index (χ1v) is 9.89. The maximum Gasteiger partial charge on any atom is 0.321 e. The largest absolute Gasteiger partial charge is 0.461 e. The predicted molar refractivity (Wildman–Crippen MR) is 105 cm³/mol. The van der Waals surface area contributed by atoms with E-state index in [1.165, 1.54) is 18.3 Å². The second kappa shape index (κ2) is 8.88. The molecule has 1 saturated heterocycles. The van der Waals surface area contributed by atoms with E-state index < -0.39 is 0 Å². The normalized spacial score (nSPS) is 18.9. The van der Waals surface area contributed by atoms with Crippen molar-refractivity contribution in [1.29, 1.82) is 0 Å². The van der Waals surface area contributed by atoms with E-state index in [1.807, 2.05) is 5.38 Å². The highest BCUT2D eigenvalue weighted by atomic mass is 35.5. The first-order valence-electron chi connectivity index (χ1n) is 8.25. The maximum atomic E-state index is 12.1. The molecular weight excluding hydrogens is 411 g/mol. The summed E-state index contributed by atoms with van der Waals surface area (Å²) in [5.41, 5.74) is 1.65. The molecule has 0 saturated carbocycles. The number of nitrogens with zero attached hydrogens (tertiary/aromatic N) is 1. The lowest BCUT2D eigenvalue weighted by Gasteiger charge is -2.09. The lowest BCUT2D eigenvalue weighted by molar-refractivity contribution is -0.145. The van der Waals surface area contributed by atoms with Crippen LogP contribution in [0.4, 0.5) is 9.93 Å². The Bertz CT molecular complexity index is 845. The first-order chi connectivity index (χ1) is 12.9. The first kappa shape index (κ1) is 19.9. The van der Waals surface area contributed by atoms with Crippen LogP contribution in [0.15, 0.2) is 23.6 Å². The van der Waals surface area contributed by atoms with Crippen LogP contribution in [0.5, 0.6) is 0 Å². The molecule has 2 aromatic rings. The summed E-state index contributed by atoms with van der Waals surface area (Å²) in [6.45, 7) is 2.30. The average Bonchev–Trinajstić information content (AvgIpc) is 3.25. The number of hydrogen-bond acceptors (Lipinski definition) is 6. The molecule has 3 N–H and O–H groups in total. The van der Waals surface area contributed by atoms with Crippen LogP contribution in [0.1, 0.15) is 30.6 Å². The molecule has 0 aliphatic carbocycles. The Morgan fingerprint density at radius 2 is 2.19 bits per heavy atom. The van der Waals surface area contributed by atoms with Crippen molar-refractivity contribution >= 4 is 51.7 Å². The zero-order valence-electron chi connectivity index (χ0n) is 14.4. The minimum absolute atomic E-state index is 0.000389. The number of thiazole rings is 1. The maximum absolute atomic E-state index is 12.1. The molecule has 1 aromatic carbocycles. The van der Waals surface area contributed by atoms with Crippen LogP contribution >= 0.6 is 34.5 Å². The van der Waals surface area contributed by atoms with Gasteiger partial charge in [-0.15, -0.1) is 11.3 Å². The Labute approximate surface area is 170 Å². The van der Waals surface area contributed by atoms with Crippen molar-refractivity contribution in [2.75, 3.05) is 11.9 Å². The number of rotatable bonds is 5. The van der Waals surface area contributed by atoms with E-state index in [0.29, 0.717) is 34.7 Å². The molecule has 1 aromatic heterocycles. The zero-order valence-corrected chi connectivity index (χ0v) is 16.7. The predicted octanol–water partition coefficient (Wildman–Crippen LogP) is 3.74. The molecule has 0 radical (unpaired) electrons. The molecule has 1 aliphatic heterocycles. The van der Waals surface area contributed by atoms with E-state index in [2.05, 4.69) is 20.9 Å². The molecule has 144 valence electrons. The van der Waals surface area contributed by atoms with Gasteiger partial charge in [0, 0.05) is 31.8 Å². The van der Waals surface area contributed by atoms with Crippen LogP contribution in [0.3, 0.4) is 0 Å². The molecule has 27 heavy (non-hydrogen) atoms. The van der Waals surface area contributed by atoms with Crippen molar-refractivity contribution in [3.63, 3.8) is 0 Å². The van der Waals surface area contributed by atoms with Gasteiger partial charge in [-0.1, -0.05) is 29.3 Å². The molecule has 1 fully saturated rings. The highest BCUT2D eigenvalue weighted by Gasteiger charge is 2.29. The van der Waals surface area contributed by atoms with Crippen molar-refractivity contribution < 1.29 is 14.3 Å². The zero-order chi connectivity index (χ0) is 19.4. The van der Waals surface area contributed by atoms with E-state index in [0.717, 1.165) is 11.3 Å². The van der Waals surface area contributed by atoms with Gasteiger partial charge in [-0.25, -0.2) is 9.78 Å². The van der Waals surface area contributed by atoms with Crippen molar-refractivity contribution in [3.8, 4) is 0 Å². The van der Waals surface area contributed by atoms with Gasteiger partial charge in [-0.05, 0) is 17.7 Å². The minimum Gasteiger partial charge on any atom is -0.461 e. The smallest absolute Gasteiger partial charge is 0.321 e. The Kier molecular flexibility index (Phi) is 6.54. The second-order valence-corrected chi connectivity index (χ2v) is 7.73. The summed E-state index contributed by atoms with van der Waals surface area (Å²) < 4.78 is 5.20. The Morgan fingerprint density at radius 1 is 1.37 bits per heavy atom. The number of aromatic nitrogens is 1. The van der Waals surface area contributed by atoms with Crippen LogP contribution < -0.4 is 16.0 Å². The Balaban J connectivity index is 1.49. The number of esters is 1. The highest BCUT2D eigenvalue weighted by molar-refractivity contribution is 7.13. The van der Waals surface area contributed by atoms with Gasteiger partial charge in [0.1, 0.15) is 6.10 Å². The van der Waals surface area contributed by atoms with Gasteiger partial charge in [0.2, 0.25) is 0 Å². The average molecular weight is 429 g/mol. The number of halogens is 2. The second-order valence-electron chi connectivity index (χ2n) is 6.06. The Hall–Kier alpha value is -1.87. The SMILES string of the molecule is CC(=O)OC1CNC(c2csc(NC(=O)NCc3ccc(Cl)c(Cl)c3)n2)C1. The monoisotopic (exact) mass is 428 g/mol. The van der Waals surface area contributed by atoms with Crippen molar-refractivity contribution in [2.45, 2.75) is 32.0 Å². The minimum atomic E-state index is -0.362. The molecule has 0 bridgehead atoms. The quantitative estimate of drug-likeness (QED) is 0.630. The summed E-state index contributed by atoms with van der Waals surface area (Å²) in [5.74, 6) is -0.290. The molecule has 1 aliphatic rings. The molecule has 2 heterocycles. The van der Waals surface area contributed by atoms with Gasteiger partial charge in [0.05, 0.1) is 21.8 Å². The van der Waals surface area contributed by atoms with E-state index in [9.17, 15) is 9.59 Å². The fourth-order valence-electron chi connectivity index (χ4n) is 2.73. The molecule has 7 nitrogen and oxygen atoms in total. The number of carbonyl (C=O) groups is 2. The van der Waals surface area contributed by atoms with Crippen molar-refractivity contribution in [3.05, 3.63) is 44.9 Å². The van der Waals surface area contributed by atoms with Gasteiger partial charge in [0.25, 0.3) is 0 Å². The highest BCUT2D eigenvalue weighted by Crippen LogP contribution is 2.28. The molecule has 0 spiro atoms. The lowest BCUT2D eigenvalue weighted by atomic mass is 10.1. The number of ether oxygens (including phenoxy) is 1. The number of carbonyl (C=O) groups excluding carboxylic acids is 2. The fraction of sp³-hybridized carbons (Fsp3) is 0.353. The van der Waals surface area contributed by atoms with Gasteiger partial charge < -0.3 is 15.4 Å². The summed E-state index contributed by atoms with van der Waals surface area (Å²) in [7, 11) is 0. The molecule has 10 heteroatoms. The number of urea groups is 1. The topological polar surface area (TPSA) is 92.4 Å². The van der Waals surface area contributed by atoms with Crippen LogP contribution in [0.25, 0.3) is 0 Å². The molecule has 3 rings (SSSR count). The number of nitrogens with one attached hydrogen (secondary N) is 3. The molecule has 2 atom stereocenters. The van der Waals surface area contributed by atoms with Gasteiger partial charge in [-0.3, -0.25) is 10.1 Å². The summed E-state index contributed by atoms with van der Waals surface area (Å²) in [4.78, 5) is 27.5. The number of amides is 2. The standard InChI is InChI=1S/C17H18Cl2N4O3S/c1-9(24)26-11-5-14(20-7-11)15-8-27-17(22-15)23-16(25)21-6-10-2-3-12(18)13(19)4-10/h2-4,8,11,14,20H,5-7H2,1H3,(H2,21,22,23,25). The van der Waals surface area contributed by atoms with E-state index >= 15 is 0 Å². The lowest BCUT2D eigenvalue weighted by Crippen LogP contribution is -2.28. The number of benzene rings is 1. The summed E-state index contributed by atoms with van der Waals surface area (Å²) in [6.07, 6.45) is 0.506. The molecule has 2 amide bonds. The third kappa shape index (κ3) is 5.55. The fourth-order valence-corrected chi connectivity index (χ4v) is 3.81. The summed E-state index contributed by atoms with van der Waals surface area (Å²) >= 11 is 13.2. The van der Waals surface area contributed by atoms with Crippen LogP contribution in [0.2, 0.25) is 10.0 Å².